The third kappa shape index (κ3) is 4.75. The zero-order valence-corrected chi connectivity index (χ0v) is 11.2. The van der Waals surface area contributed by atoms with E-state index >= 15 is 0 Å². The zero-order chi connectivity index (χ0) is 12.8. The Labute approximate surface area is 108 Å². The first-order valence-corrected chi connectivity index (χ1v) is 6.17. The van der Waals surface area contributed by atoms with Gasteiger partial charge in [0.25, 0.3) is 0 Å². The van der Waals surface area contributed by atoms with E-state index in [-0.39, 0.29) is 5.84 Å². The molecule has 0 saturated carbocycles. The summed E-state index contributed by atoms with van der Waals surface area (Å²) in [5.74, 6) is 0.258. The maximum Gasteiger partial charge on any atom is 0.0905 e. The van der Waals surface area contributed by atoms with Gasteiger partial charge in [0.15, 0.2) is 0 Å². The average molecular weight is 254 g/mol. The van der Waals surface area contributed by atoms with Crippen molar-refractivity contribution in [3.8, 4) is 0 Å². The summed E-state index contributed by atoms with van der Waals surface area (Å²) in [6, 6.07) is 8.25. The molecule has 0 radical (unpaired) electrons. The quantitative estimate of drug-likeness (QED) is 0.605. The molecule has 4 heteroatoms. The molecule has 3 N–H and O–H groups in total. The standard InChI is InChI=1S/C13H20ClN3/c1-10(11-5-3-6-12(14)9-11)17(2)8-4-7-13(15)16/h3,5-6,9-10H,4,7-8H2,1-2H3,(H3,15,16). The Morgan fingerprint density at radius 1 is 1.53 bits per heavy atom. The fraction of sp³-hybridized carbons (Fsp3) is 0.462. The lowest BCUT2D eigenvalue weighted by molar-refractivity contribution is 0.260. The van der Waals surface area contributed by atoms with Crippen LogP contribution in [0.3, 0.4) is 0 Å². The summed E-state index contributed by atoms with van der Waals surface area (Å²) in [7, 11) is 2.08. The van der Waals surface area contributed by atoms with Gasteiger partial charge in [0.2, 0.25) is 0 Å². The lowest BCUT2D eigenvalue weighted by Crippen LogP contribution is -2.24. The van der Waals surface area contributed by atoms with E-state index in [0.29, 0.717) is 12.5 Å². The van der Waals surface area contributed by atoms with Crippen LogP contribution in [0.5, 0.6) is 0 Å². The number of hydrogen-bond donors (Lipinski definition) is 2. The number of amidine groups is 1. The van der Waals surface area contributed by atoms with Crippen molar-refractivity contribution in [2.45, 2.75) is 25.8 Å². The minimum Gasteiger partial charge on any atom is -0.388 e. The summed E-state index contributed by atoms with van der Waals surface area (Å²) in [6.07, 6.45) is 1.57. The number of hydrogen-bond acceptors (Lipinski definition) is 2. The highest BCUT2D eigenvalue weighted by molar-refractivity contribution is 6.30. The topological polar surface area (TPSA) is 53.1 Å². The van der Waals surface area contributed by atoms with Gasteiger partial charge in [-0.05, 0) is 44.6 Å². The first-order chi connectivity index (χ1) is 8.00. The highest BCUT2D eigenvalue weighted by atomic mass is 35.5. The minimum atomic E-state index is 0.258. The van der Waals surface area contributed by atoms with E-state index in [1.807, 2.05) is 18.2 Å². The highest BCUT2D eigenvalue weighted by Crippen LogP contribution is 2.21. The summed E-state index contributed by atoms with van der Waals surface area (Å²) >= 11 is 5.98. The van der Waals surface area contributed by atoms with E-state index in [1.165, 1.54) is 5.56 Å². The van der Waals surface area contributed by atoms with E-state index in [0.717, 1.165) is 18.0 Å². The second-order valence-electron chi connectivity index (χ2n) is 4.34. The molecule has 17 heavy (non-hydrogen) atoms. The van der Waals surface area contributed by atoms with Gasteiger partial charge >= 0.3 is 0 Å². The van der Waals surface area contributed by atoms with Crippen molar-refractivity contribution in [1.29, 1.82) is 5.41 Å². The van der Waals surface area contributed by atoms with Crippen LogP contribution in [0.2, 0.25) is 5.02 Å². The first kappa shape index (κ1) is 14.0. The second-order valence-corrected chi connectivity index (χ2v) is 4.78. The molecule has 0 spiro atoms. The molecule has 1 aromatic rings. The number of nitrogens with two attached hydrogens (primary N) is 1. The van der Waals surface area contributed by atoms with Crippen LogP contribution < -0.4 is 5.73 Å². The second kappa shape index (κ2) is 6.62. The Bertz CT molecular complexity index is 379. The van der Waals surface area contributed by atoms with Crippen LogP contribution in [0.4, 0.5) is 0 Å². The smallest absolute Gasteiger partial charge is 0.0905 e. The molecule has 1 rings (SSSR count). The Morgan fingerprint density at radius 2 is 2.24 bits per heavy atom. The van der Waals surface area contributed by atoms with E-state index in [2.05, 4.69) is 24.9 Å². The van der Waals surface area contributed by atoms with Crippen molar-refractivity contribution in [3.05, 3.63) is 34.9 Å². The van der Waals surface area contributed by atoms with E-state index in [4.69, 9.17) is 22.7 Å². The molecule has 0 aliphatic heterocycles. The maximum absolute atomic E-state index is 7.18. The monoisotopic (exact) mass is 253 g/mol. The normalized spacial score (nSPS) is 12.7. The molecule has 0 aliphatic carbocycles. The van der Waals surface area contributed by atoms with Crippen molar-refractivity contribution in [2.24, 2.45) is 5.73 Å². The SMILES string of the molecule is CC(c1cccc(Cl)c1)N(C)CCCC(=N)N. The fourth-order valence-electron chi connectivity index (χ4n) is 1.73. The average Bonchev–Trinajstić information content (AvgIpc) is 2.27. The van der Waals surface area contributed by atoms with Gasteiger partial charge in [-0.1, -0.05) is 23.7 Å². The van der Waals surface area contributed by atoms with Crippen LogP contribution in [-0.2, 0) is 0 Å². The molecular formula is C13H20ClN3. The van der Waals surface area contributed by atoms with Crippen LogP contribution in [0.15, 0.2) is 24.3 Å². The predicted molar refractivity (Wildman–Crippen MR) is 73.6 cm³/mol. The van der Waals surface area contributed by atoms with E-state index in [1.54, 1.807) is 0 Å². The Morgan fingerprint density at radius 3 is 2.82 bits per heavy atom. The van der Waals surface area contributed by atoms with Crippen LogP contribution in [0, 0.1) is 5.41 Å². The first-order valence-electron chi connectivity index (χ1n) is 5.79. The number of nitrogens with zero attached hydrogens (tertiary/aromatic N) is 1. The number of halogens is 1. The van der Waals surface area contributed by atoms with Crippen molar-refractivity contribution in [2.75, 3.05) is 13.6 Å². The Balaban J connectivity index is 2.51. The number of benzene rings is 1. The van der Waals surface area contributed by atoms with E-state index < -0.39 is 0 Å². The van der Waals surface area contributed by atoms with Gasteiger partial charge in [-0.2, -0.15) is 0 Å². The zero-order valence-electron chi connectivity index (χ0n) is 10.4. The Kier molecular flexibility index (Phi) is 5.45. The van der Waals surface area contributed by atoms with Crippen molar-refractivity contribution >= 4 is 17.4 Å². The molecular weight excluding hydrogens is 234 g/mol. The van der Waals surface area contributed by atoms with Gasteiger partial charge in [-0.15, -0.1) is 0 Å². The molecule has 0 heterocycles. The number of rotatable bonds is 6. The summed E-state index contributed by atoms with van der Waals surface area (Å²) in [4.78, 5) is 2.24. The van der Waals surface area contributed by atoms with Crippen molar-refractivity contribution in [3.63, 3.8) is 0 Å². The summed E-state index contributed by atoms with van der Waals surface area (Å²) in [5, 5.41) is 7.95. The Hall–Kier alpha value is -1.06. The van der Waals surface area contributed by atoms with Gasteiger partial charge in [-0.3, -0.25) is 10.3 Å². The molecule has 0 bridgehead atoms. The van der Waals surface area contributed by atoms with Gasteiger partial charge in [0.1, 0.15) is 0 Å². The van der Waals surface area contributed by atoms with Gasteiger partial charge in [0.05, 0.1) is 5.84 Å². The third-order valence-corrected chi connectivity index (χ3v) is 3.18. The van der Waals surface area contributed by atoms with Gasteiger partial charge in [0, 0.05) is 17.5 Å². The molecule has 94 valence electrons. The third-order valence-electron chi connectivity index (χ3n) is 2.95. The fourth-order valence-corrected chi connectivity index (χ4v) is 1.93. The van der Waals surface area contributed by atoms with Crippen molar-refractivity contribution in [1.82, 2.24) is 4.90 Å². The van der Waals surface area contributed by atoms with Crippen LogP contribution in [0.25, 0.3) is 0 Å². The molecule has 0 amide bonds. The predicted octanol–water partition coefficient (Wildman–Crippen LogP) is 3.05. The lowest BCUT2D eigenvalue weighted by atomic mass is 10.1. The van der Waals surface area contributed by atoms with Crippen molar-refractivity contribution < 1.29 is 0 Å². The molecule has 1 atom stereocenters. The van der Waals surface area contributed by atoms with Crippen LogP contribution in [0.1, 0.15) is 31.4 Å². The minimum absolute atomic E-state index is 0.258. The van der Waals surface area contributed by atoms with Crippen LogP contribution >= 0.6 is 11.6 Å². The molecule has 1 unspecified atom stereocenters. The molecule has 0 aliphatic rings. The summed E-state index contributed by atoms with van der Waals surface area (Å²) < 4.78 is 0. The maximum atomic E-state index is 7.18. The van der Waals surface area contributed by atoms with E-state index in [9.17, 15) is 0 Å². The van der Waals surface area contributed by atoms with Crippen LogP contribution in [-0.4, -0.2) is 24.3 Å². The molecule has 1 aromatic carbocycles. The largest absolute Gasteiger partial charge is 0.388 e. The lowest BCUT2D eigenvalue weighted by Gasteiger charge is -2.25. The molecule has 0 aromatic heterocycles. The molecule has 3 nitrogen and oxygen atoms in total. The molecule has 0 fully saturated rings. The summed E-state index contributed by atoms with van der Waals surface area (Å²) in [5.41, 5.74) is 6.54. The van der Waals surface area contributed by atoms with Gasteiger partial charge in [-0.25, -0.2) is 0 Å². The highest BCUT2D eigenvalue weighted by Gasteiger charge is 2.11. The summed E-state index contributed by atoms with van der Waals surface area (Å²) in [6.45, 7) is 3.08. The molecule has 0 saturated heterocycles. The van der Waals surface area contributed by atoms with Gasteiger partial charge < -0.3 is 5.73 Å². The number of nitrogens with one attached hydrogen (secondary N) is 1.